The van der Waals surface area contributed by atoms with E-state index in [9.17, 15) is 5.11 Å². The van der Waals surface area contributed by atoms with Gasteiger partial charge in [0.15, 0.2) is 0 Å². The molecule has 98 valence electrons. The van der Waals surface area contributed by atoms with E-state index in [1.807, 2.05) is 11.8 Å². The van der Waals surface area contributed by atoms with Crippen LogP contribution >= 0.6 is 11.8 Å². The number of rotatable bonds is 6. The van der Waals surface area contributed by atoms with E-state index < -0.39 is 5.60 Å². The lowest BCUT2D eigenvalue weighted by Gasteiger charge is -2.45. The molecule has 3 atom stereocenters. The molecule has 17 heavy (non-hydrogen) atoms. The summed E-state index contributed by atoms with van der Waals surface area (Å²) < 4.78 is 0. The normalized spacial score (nSPS) is 36.8. The predicted molar refractivity (Wildman–Crippen MR) is 75.5 cm³/mol. The first-order valence-corrected chi connectivity index (χ1v) is 7.99. The molecule has 1 saturated carbocycles. The molecule has 2 nitrogen and oxygen atoms in total. The van der Waals surface area contributed by atoms with Crippen molar-refractivity contribution in [1.29, 1.82) is 0 Å². The highest BCUT2D eigenvalue weighted by Crippen LogP contribution is 2.40. The zero-order chi connectivity index (χ0) is 12.1. The maximum atomic E-state index is 10.4. The number of thioether (sulfide) groups is 1. The van der Waals surface area contributed by atoms with Crippen molar-refractivity contribution in [3.8, 4) is 0 Å². The average Bonchev–Trinajstić information content (AvgIpc) is 2.36. The van der Waals surface area contributed by atoms with E-state index in [4.69, 9.17) is 0 Å². The van der Waals surface area contributed by atoms with E-state index in [0.717, 1.165) is 31.2 Å². The van der Waals surface area contributed by atoms with Crippen molar-refractivity contribution in [2.45, 2.75) is 49.9 Å². The molecule has 2 rings (SSSR count). The van der Waals surface area contributed by atoms with Crippen LogP contribution in [0.25, 0.3) is 0 Å². The van der Waals surface area contributed by atoms with Crippen LogP contribution < -0.4 is 5.32 Å². The number of allylic oxidation sites excluding steroid dienone is 2. The molecule has 0 aromatic heterocycles. The summed E-state index contributed by atoms with van der Waals surface area (Å²) in [5.74, 6) is 1.89. The minimum atomic E-state index is -0.425. The van der Waals surface area contributed by atoms with Crippen LogP contribution in [-0.4, -0.2) is 34.8 Å². The van der Waals surface area contributed by atoms with E-state index in [1.54, 1.807) is 0 Å². The largest absolute Gasteiger partial charge is 0.387 e. The van der Waals surface area contributed by atoms with Gasteiger partial charge in [0.25, 0.3) is 0 Å². The predicted octanol–water partition coefficient (Wildman–Crippen LogP) is 2.58. The van der Waals surface area contributed by atoms with Gasteiger partial charge >= 0.3 is 0 Å². The van der Waals surface area contributed by atoms with Gasteiger partial charge < -0.3 is 10.4 Å². The molecule has 3 heteroatoms. The molecule has 0 saturated heterocycles. The Labute approximate surface area is 109 Å². The molecule has 0 amide bonds. The zero-order valence-electron chi connectivity index (χ0n) is 10.8. The summed E-state index contributed by atoms with van der Waals surface area (Å²) in [6.45, 7) is 4.02. The van der Waals surface area contributed by atoms with Crippen molar-refractivity contribution < 1.29 is 5.11 Å². The molecule has 0 aliphatic heterocycles. The summed E-state index contributed by atoms with van der Waals surface area (Å²) >= 11 is 1.91. The number of aliphatic hydroxyl groups is 1. The van der Waals surface area contributed by atoms with Crippen LogP contribution in [0.3, 0.4) is 0 Å². The van der Waals surface area contributed by atoms with Crippen molar-refractivity contribution in [1.82, 2.24) is 5.32 Å². The van der Waals surface area contributed by atoms with Gasteiger partial charge in [0, 0.05) is 11.8 Å². The molecule has 2 aliphatic rings. The fourth-order valence-electron chi connectivity index (χ4n) is 2.77. The van der Waals surface area contributed by atoms with Crippen LogP contribution in [0.15, 0.2) is 12.2 Å². The molecule has 0 aromatic rings. The highest BCUT2D eigenvalue weighted by Gasteiger charge is 2.44. The Morgan fingerprint density at radius 1 is 1.41 bits per heavy atom. The maximum Gasteiger partial charge on any atom is 0.0889 e. The van der Waals surface area contributed by atoms with Gasteiger partial charge in [-0.1, -0.05) is 19.1 Å². The zero-order valence-corrected chi connectivity index (χ0v) is 11.6. The lowest BCUT2D eigenvalue weighted by atomic mass is 9.79. The number of hydrogen-bond acceptors (Lipinski definition) is 3. The number of nitrogens with one attached hydrogen (secondary N) is 1. The van der Waals surface area contributed by atoms with Crippen molar-refractivity contribution in [2.75, 3.05) is 18.8 Å². The van der Waals surface area contributed by atoms with Crippen LogP contribution in [-0.2, 0) is 0 Å². The fraction of sp³-hybridized carbons (Fsp3) is 0.857. The first-order valence-electron chi connectivity index (χ1n) is 6.94. The van der Waals surface area contributed by atoms with Crippen molar-refractivity contribution in [3.05, 3.63) is 12.2 Å². The van der Waals surface area contributed by atoms with Crippen LogP contribution in [0.1, 0.15) is 39.0 Å². The minimum absolute atomic E-state index is 0.425. The topological polar surface area (TPSA) is 32.3 Å². The molecule has 0 heterocycles. The van der Waals surface area contributed by atoms with Gasteiger partial charge in [0.2, 0.25) is 0 Å². The van der Waals surface area contributed by atoms with E-state index in [-0.39, 0.29) is 0 Å². The first kappa shape index (κ1) is 13.4. The third-order valence-electron chi connectivity index (χ3n) is 4.05. The standard InChI is InChI=1S/C14H25NOS/c1-2-17-13-8-9-14(13,16)11-15-10-12-6-4-3-5-7-12/h3-4,12-13,15-16H,2,5-11H2,1H3/t12-,13-,14-/m1/s1. The van der Waals surface area contributed by atoms with Gasteiger partial charge in [-0.25, -0.2) is 0 Å². The highest BCUT2D eigenvalue weighted by molar-refractivity contribution is 8.00. The lowest BCUT2D eigenvalue weighted by molar-refractivity contribution is -0.0237. The van der Waals surface area contributed by atoms with Crippen LogP contribution in [0.5, 0.6) is 0 Å². The van der Waals surface area contributed by atoms with Gasteiger partial charge in [0.05, 0.1) is 5.60 Å². The van der Waals surface area contributed by atoms with E-state index in [2.05, 4.69) is 24.4 Å². The molecule has 0 aromatic carbocycles. The van der Waals surface area contributed by atoms with Crippen LogP contribution in [0.4, 0.5) is 0 Å². The van der Waals surface area contributed by atoms with E-state index in [0.29, 0.717) is 5.25 Å². The van der Waals surface area contributed by atoms with Gasteiger partial charge in [-0.05, 0) is 50.3 Å². The Morgan fingerprint density at radius 2 is 2.29 bits per heavy atom. The minimum Gasteiger partial charge on any atom is -0.387 e. The third-order valence-corrected chi connectivity index (χ3v) is 5.46. The summed E-state index contributed by atoms with van der Waals surface area (Å²) in [5, 5.41) is 14.4. The molecular weight excluding hydrogens is 230 g/mol. The summed E-state index contributed by atoms with van der Waals surface area (Å²) in [7, 11) is 0. The Balaban J connectivity index is 1.65. The van der Waals surface area contributed by atoms with Gasteiger partial charge in [-0.3, -0.25) is 0 Å². The molecule has 0 unspecified atom stereocenters. The molecular formula is C14H25NOS. The summed E-state index contributed by atoms with van der Waals surface area (Å²) in [6.07, 6.45) is 10.5. The Morgan fingerprint density at radius 3 is 2.88 bits per heavy atom. The Kier molecular flexibility index (Phi) is 4.95. The molecule has 0 radical (unpaired) electrons. The molecule has 0 spiro atoms. The second kappa shape index (κ2) is 6.26. The van der Waals surface area contributed by atoms with Crippen LogP contribution in [0, 0.1) is 5.92 Å². The first-order chi connectivity index (χ1) is 8.24. The Hall–Kier alpha value is 0.0100. The van der Waals surface area contributed by atoms with Crippen molar-refractivity contribution in [3.63, 3.8) is 0 Å². The molecule has 2 N–H and O–H groups in total. The average molecular weight is 255 g/mol. The SMILES string of the molecule is CCS[C@@H]1CC[C@@]1(O)CNC[C@@H]1CC=CCC1. The highest BCUT2D eigenvalue weighted by atomic mass is 32.2. The number of hydrogen-bond donors (Lipinski definition) is 2. The summed E-state index contributed by atoms with van der Waals surface area (Å²) in [6, 6.07) is 0. The van der Waals surface area contributed by atoms with E-state index in [1.165, 1.54) is 25.7 Å². The Bertz CT molecular complexity index is 269. The lowest BCUT2D eigenvalue weighted by Crippen LogP contribution is -2.56. The quantitative estimate of drug-likeness (QED) is 0.716. The second-order valence-electron chi connectivity index (χ2n) is 5.37. The third kappa shape index (κ3) is 3.49. The smallest absolute Gasteiger partial charge is 0.0889 e. The fourth-order valence-corrected chi connectivity index (χ4v) is 3.97. The van der Waals surface area contributed by atoms with E-state index >= 15 is 0 Å². The van der Waals surface area contributed by atoms with Crippen LogP contribution in [0.2, 0.25) is 0 Å². The van der Waals surface area contributed by atoms with Gasteiger partial charge in [0.1, 0.15) is 0 Å². The van der Waals surface area contributed by atoms with Gasteiger partial charge in [-0.15, -0.1) is 0 Å². The molecule has 1 fully saturated rings. The maximum absolute atomic E-state index is 10.4. The summed E-state index contributed by atoms with van der Waals surface area (Å²) in [4.78, 5) is 0. The summed E-state index contributed by atoms with van der Waals surface area (Å²) in [5.41, 5.74) is -0.425. The molecule has 2 aliphatic carbocycles. The van der Waals surface area contributed by atoms with Crippen molar-refractivity contribution >= 4 is 11.8 Å². The van der Waals surface area contributed by atoms with Crippen molar-refractivity contribution in [2.24, 2.45) is 5.92 Å². The monoisotopic (exact) mass is 255 g/mol. The second-order valence-corrected chi connectivity index (χ2v) is 6.85. The van der Waals surface area contributed by atoms with Gasteiger partial charge in [-0.2, -0.15) is 11.8 Å². The molecule has 0 bridgehead atoms.